The first kappa shape index (κ1) is 13.2. The van der Waals surface area contributed by atoms with Crippen molar-refractivity contribution in [1.29, 1.82) is 0 Å². The molecule has 2 rings (SSSR count). The molecule has 2 aromatic carbocycles. The lowest BCUT2D eigenvalue weighted by molar-refractivity contribution is 0.262. The number of halogens is 2. The summed E-state index contributed by atoms with van der Waals surface area (Å²) in [4.78, 5) is 11.7. The maximum absolute atomic E-state index is 13.5. The SMILES string of the molecule is Nc1cccc(F)c1NC(=O)Nc1ccccc1Cl. The highest BCUT2D eigenvalue weighted by molar-refractivity contribution is 6.33. The Hall–Kier alpha value is -2.27. The van der Waals surface area contributed by atoms with Crippen LogP contribution in [-0.2, 0) is 0 Å². The number of nitrogens with two attached hydrogens (primary N) is 1. The van der Waals surface area contributed by atoms with Crippen molar-refractivity contribution in [2.24, 2.45) is 0 Å². The van der Waals surface area contributed by atoms with Gasteiger partial charge in [-0.25, -0.2) is 9.18 Å². The first-order valence-electron chi connectivity index (χ1n) is 5.44. The Balaban J connectivity index is 2.12. The van der Waals surface area contributed by atoms with Gasteiger partial charge in [-0.15, -0.1) is 0 Å². The third kappa shape index (κ3) is 3.14. The van der Waals surface area contributed by atoms with Crippen LogP contribution in [0.2, 0.25) is 5.02 Å². The minimum absolute atomic E-state index is 0.0629. The average Bonchev–Trinajstić information content (AvgIpc) is 2.37. The topological polar surface area (TPSA) is 67.1 Å². The van der Waals surface area contributed by atoms with E-state index in [2.05, 4.69) is 10.6 Å². The van der Waals surface area contributed by atoms with Crippen LogP contribution < -0.4 is 16.4 Å². The van der Waals surface area contributed by atoms with Crippen LogP contribution in [0.4, 0.5) is 26.2 Å². The monoisotopic (exact) mass is 279 g/mol. The zero-order chi connectivity index (χ0) is 13.8. The number of hydrogen-bond acceptors (Lipinski definition) is 2. The van der Waals surface area contributed by atoms with Crippen LogP contribution in [0.5, 0.6) is 0 Å². The summed E-state index contributed by atoms with van der Waals surface area (Å²) in [5.74, 6) is -0.602. The summed E-state index contributed by atoms with van der Waals surface area (Å²) in [7, 11) is 0. The molecule has 0 spiro atoms. The fraction of sp³-hybridized carbons (Fsp3) is 0. The van der Waals surface area contributed by atoms with E-state index in [1.807, 2.05) is 0 Å². The molecule has 0 heterocycles. The number of amides is 2. The fourth-order valence-corrected chi connectivity index (χ4v) is 1.69. The second-order valence-corrected chi connectivity index (χ2v) is 4.17. The van der Waals surface area contributed by atoms with Gasteiger partial charge in [0.05, 0.1) is 16.4 Å². The van der Waals surface area contributed by atoms with Gasteiger partial charge in [-0.05, 0) is 24.3 Å². The minimum atomic E-state index is -0.620. The number of rotatable bonds is 2. The van der Waals surface area contributed by atoms with Gasteiger partial charge in [-0.3, -0.25) is 0 Å². The minimum Gasteiger partial charge on any atom is -0.397 e. The first-order chi connectivity index (χ1) is 9.08. The summed E-state index contributed by atoms with van der Waals surface area (Å²) in [6.07, 6.45) is 0. The molecule has 0 bridgehead atoms. The van der Waals surface area contributed by atoms with E-state index in [4.69, 9.17) is 17.3 Å². The Labute approximate surface area is 114 Å². The number of carbonyl (C=O) groups is 1. The molecule has 2 aromatic rings. The predicted molar refractivity (Wildman–Crippen MR) is 74.9 cm³/mol. The van der Waals surface area contributed by atoms with Crippen molar-refractivity contribution in [3.63, 3.8) is 0 Å². The van der Waals surface area contributed by atoms with E-state index < -0.39 is 11.8 Å². The highest BCUT2D eigenvalue weighted by Crippen LogP contribution is 2.23. The average molecular weight is 280 g/mol. The van der Waals surface area contributed by atoms with Gasteiger partial charge in [0, 0.05) is 0 Å². The summed E-state index contributed by atoms with van der Waals surface area (Å²) < 4.78 is 13.5. The number of nitrogens with one attached hydrogen (secondary N) is 2. The molecule has 4 N–H and O–H groups in total. The van der Waals surface area contributed by atoms with E-state index in [0.717, 1.165) is 0 Å². The molecule has 0 saturated heterocycles. The summed E-state index contributed by atoms with van der Waals surface area (Å²) >= 11 is 5.89. The van der Waals surface area contributed by atoms with Crippen LogP contribution in [0.25, 0.3) is 0 Å². The fourth-order valence-electron chi connectivity index (χ4n) is 1.50. The van der Waals surface area contributed by atoms with Gasteiger partial charge in [-0.2, -0.15) is 0 Å². The summed E-state index contributed by atoms with van der Waals surface area (Å²) in [5.41, 5.74) is 6.10. The number of hydrogen-bond donors (Lipinski definition) is 3. The van der Waals surface area contributed by atoms with Crippen molar-refractivity contribution in [3.05, 3.63) is 53.3 Å². The quantitative estimate of drug-likeness (QED) is 0.734. The summed E-state index contributed by atoms with van der Waals surface area (Å²) in [6.45, 7) is 0. The number of anilines is 3. The molecule has 98 valence electrons. The van der Waals surface area contributed by atoms with Gasteiger partial charge in [0.25, 0.3) is 0 Å². The molecular formula is C13H11ClFN3O. The molecule has 4 nitrogen and oxygen atoms in total. The zero-order valence-electron chi connectivity index (χ0n) is 9.78. The molecule has 2 amide bonds. The van der Waals surface area contributed by atoms with Gasteiger partial charge in [0.15, 0.2) is 0 Å². The van der Waals surface area contributed by atoms with Crippen LogP contribution in [-0.4, -0.2) is 6.03 Å². The van der Waals surface area contributed by atoms with E-state index in [1.54, 1.807) is 24.3 Å². The van der Waals surface area contributed by atoms with E-state index in [0.29, 0.717) is 10.7 Å². The Bertz CT molecular complexity index is 598. The lowest BCUT2D eigenvalue weighted by Crippen LogP contribution is -2.21. The molecule has 0 saturated carbocycles. The molecule has 6 heteroatoms. The predicted octanol–water partition coefficient (Wildman–Crippen LogP) is 3.71. The molecule has 0 aliphatic heterocycles. The smallest absolute Gasteiger partial charge is 0.323 e. The molecule has 19 heavy (non-hydrogen) atoms. The Morgan fingerprint density at radius 3 is 2.53 bits per heavy atom. The Morgan fingerprint density at radius 2 is 1.84 bits per heavy atom. The van der Waals surface area contributed by atoms with Gasteiger partial charge >= 0.3 is 6.03 Å². The van der Waals surface area contributed by atoms with Crippen LogP contribution in [0.1, 0.15) is 0 Å². The van der Waals surface area contributed by atoms with Gasteiger partial charge in [-0.1, -0.05) is 29.8 Å². The Morgan fingerprint density at radius 1 is 1.11 bits per heavy atom. The summed E-state index contributed by atoms with van der Waals surface area (Å²) in [6, 6.07) is 10.3. The standard InChI is InChI=1S/C13H11ClFN3O/c14-8-4-1-2-7-11(8)17-13(19)18-12-9(15)5-3-6-10(12)16/h1-7H,16H2,(H2,17,18,19). The lowest BCUT2D eigenvalue weighted by Gasteiger charge is -2.11. The number of urea groups is 1. The van der Waals surface area contributed by atoms with Gasteiger partial charge < -0.3 is 16.4 Å². The van der Waals surface area contributed by atoms with Crippen LogP contribution in [0.3, 0.4) is 0 Å². The zero-order valence-corrected chi connectivity index (χ0v) is 10.5. The maximum Gasteiger partial charge on any atom is 0.323 e. The number of nitrogen functional groups attached to an aromatic ring is 1. The van der Waals surface area contributed by atoms with Crippen molar-refractivity contribution in [1.82, 2.24) is 0 Å². The van der Waals surface area contributed by atoms with Crippen molar-refractivity contribution < 1.29 is 9.18 Å². The van der Waals surface area contributed by atoms with Crippen molar-refractivity contribution >= 4 is 34.7 Å². The van der Waals surface area contributed by atoms with Crippen LogP contribution >= 0.6 is 11.6 Å². The summed E-state index contributed by atoms with van der Waals surface area (Å²) in [5, 5.41) is 5.24. The molecule has 0 aliphatic rings. The first-order valence-corrected chi connectivity index (χ1v) is 5.82. The largest absolute Gasteiger partial charge is 0.397 e. The Kier molecular flexibility index (Phi) is 3.87. The lowest BCUT2D eigenvalue weighted by atomic mass is 10.2. The molecule has 0 fully saturated rings. The molecule has 0 atom stereocenters. The second-order valence-electron chi connectivity index (χ2n) is 3.76. The highest BCUT2D eigenvalue weighted by atomic mass is 35.5. The number of carbonyl (C=O) groups excluding carboxylic acids is 1. The number of para-hydroxylation sites is 2. The van der Waals surface area contributed by atoms with Crippen molar-refractivity contribution in [2.45, 2.75) is 0 Å². The third-order valence-electron chi connectivity index (χ3n) is 2.41. The van der Waals surface area contributed by atoms with Crippen molar-refractivity contribution in [3.8, 4) is 0 Å². The number of benzene rings is 2. The maximum atomic E-state index is 13.5. The second kappa shape index (κ2) is 5.58. The van der Waals surface area contributed by atoms with E-state index >= 15 is 0 Å². The normalized spacial score (nSPS) is 10.0. The van der Waals surface area contributed by atoms with E-state index in [-0.39, 0.29) is 11.4 Å². The molecular weight excluding hydrogens is 269 g/mol. The van der Waals surface area contributed by atoms with Crippen LogP contribution in [0, 0.1) is 5.82 Å². The van der Waals surface area contributed by atoms with E-state index in [1.165, 1.54) is 18.2 Å². The van der Waals surface area contributed by atoms with Gasteiger partial charge in [0.2, 0.25) is 0 Å². The molecule has 0 radical (unpaired) electrons. The van der Waals surface area contributed by atoms with Crippen molar-refractivity contribution in [2.75, 3.05) is 16.4 Å². The highest BCUT2D eigenvalue weighted by Gasteiger charge is 2.10. The van der Waals surface area contributed by atoms with Crippen LogP contribution in [0.15, 0.2) is 42.5 Å². The molecule has 0 aromatic heterocycles. The van der Waals surface area contributed by atoms with E-state index in [9.17, 15) is 9.18 Å². The van der Waals surface area contributed by atoms with Gasteiger partial charge in [0.1, 0.15) is 11.5 Å². The molecule has 0 aliphatic carbocycles. The third-order valence-corrected chi connectivity index (χ3v) is 2.74. The molecule has 0 unspecified atom stereocenters.